The number of allylic oxidation sites excluding steroid dienone is 1. The van der Waals surface area contributed by atoms with Gasteiger partial charge < -0.3 is 9.84 Å². The Balaban J connectivity index is 1.46. The van der Waals surface area contributed by atoms with Crippen molar-refractivity contribution in [3.05, 3.63) is 47.2 Å². The summed E-state index contributed by atoms with van der Waals surface area (Å²) < 4.78 is 5.61. The van der Waals surface area contributed by atoms with Crippen LogP contribution in [0.5, 0.6) is 0 Å². The van der Waals surface area contributed by atoms with Gasteiger partial charge >= 0.3 is 0 Å². The van der Waals surface area contributed by atoms with E-state index in [1.54, 1.807) is 7.11 Å². The van der Waals surface area contributed by atoms with Gasteiger partial charge in [-0.05, 0) is 84.7 Å². The number of fused-ring (bicyclic) bond motifs is 5. The Hall–Kier alpha value is -1.61. The molecule has 0 bridgehead atoms. The molecule has 30 heavy (non-hydrogen) atoms. The lowest BCUT2D eigenvalue weighted by Gasteiger charge is -2.59. The maximum Gasteiger partial charge on any atom is 0.197 e. The second-order valence-electron chi connectivity index (χ2n) is 11.0. The van der Waals surface area contributed by atoms with E-state index in [1.165, 1.54) is 11.1 Å². The highest BCUT2D eigenvalue weighted by Crippen LogP contribution is 2.68. The van der Waals surface area contributed by atoms with E-state index >= 15 is 0 Å². The molecule has 3 nitrogen and oxygen atoms in total. The van der Waals surface area contributed by atoms with Crippen LogP contribution < -0.4 is 0 Å². The average molecular weight is 409 g/mol. The van der Waals surface area contributed by atoms with E-state index in [1.807, 2.05) is 0 Å². The van der Waals surface area contributed by atoms with Crippen molar-refractivity contribution in [1.29, 1.82) is 0 Å². The monoisotopic (exact) mass is 408 g/mol. The fraction of sp³-hybridized carbons (Fsp3) is 0.667. The smallest absolute Gasteiger partial charge is 0.197 e. The van der Waals surface area contributed by atoms with Gasteiger partial charge in [-0.3, -0.25) is 4.79 Å². The van der Waals surface area contributed by atoms with Gasteiger partial charge in [0, 0.05) is 12.8 Å². The number of methoxy groups -OCH3 is 1. The highest BCUT2D eigenvalue weighted by Gasteiger charge is 2.64. The maximum atomic E-state index is 12.5. The topological polar surface area (TPSA) is 46.5 Å². The quantitative estimate of drug-likeness (QED) is 0.722. The van der Waals surface area contributed by atoms with Crippen molar-refractivity contribution in [1.82, 2.24) is 0 Å². The molecule has 5 rings (SSSR count). The molecule has 0 spiro atoms. The van der Waals surface area contributed by atoms with Crippen molar-refractivity contribution in [2.75, 3.05) is 7.11 Å². The molecule has 6 atom stereocenters. The molecular formula is C27H36O3. The van der Waals surface area contributed by atoms with Crippen LogP contribution in [0.25, 0.3) is 0 Å². The first-order valence-corrected chi connectivity index (χ1v) is 11.9. The number of ether oxygens (including phenoxy) is 1. The molecule has 0 aromatic heterocycles. The number of hydrogen-bond donors (Lipinski definition) is 1. The maximum absolute atomic E-state index is 12.5. The van der Waals surface area contributed by atoms with Crippen LogP contribution >= 0.6 is 0 Å². The SMILES string of the molecule is COC1=C2CC[C@@H]3[C@H](CC[C@@]4(C)[C@H]3CC[C@@]4(O)Cc3ccccc3)[C@@]2(C)CCC1=O. The van der Waals surface area contributed by atoms with Gasteiger partial charge in [0.1, 0.15) is 0 Å². The first-order chi connectivity index (χ1) is 14.3. The molecule has 3 saturated carbocycles. The predicted octanol–water partition coefficient (Wildman–Crippen LogP) is 5.47. The van der Waals surface area contributed by atoms with Crippen molar-refractivity contribution in [3.8, 4) is 0 Å². The molecule has 4 aliphatic carbocycles. The highest BCUT2D eigenvalue weighted by atomic mass is 16.5. The summed E-state index contributed by atoms with van der Waals surface area (Å²) in [6.07, 6.45) is 8.75. The van der Waals surface area contributed by atoms with E-state index in [0.717, 1.165) is 51.4 Å². The standard InChI is InChI=1S/C27H36O3/c1-25-14-13-23(28)24(30-3)22(25)10-9-19-20(25)11-15-26(2)21(19)12-16-27(26,29)17-18-7-5-4-6-8-18/h4-8,19-21,29H,9-17H2,1-3H3/t19-,20+,21+,25-,26+,27-/m1/s1. The van der Waals surface area contributed by atoms with E-state index in [9.17, 15) is 9.90 Å². The lowest BCUT2D eigenvalue weighted by Crippen LogP contribution is -2.55. The van der Waals surface area contributed by atoms with E-state index in [-0.39, 0.29) is 16.6 Å². The fourth-order valence-electron chi connectivity index (χ4n) is 8.24. The number of carbonyl (C=O) groups excluding carboxylic acids is 1. The normalized spacial score (nSPS) is 43.1. The number of benzene rings is 1. The average Bonchev–Trinajstić information content (AvgIpc) is 3.00. The number of Topliss-reactive ketones (excluding diaryl/α,β-unsaturated/α-hetero) is 1. The van der Waals surface area contributed by atoms with Crippen molar-refractivity contribution >= 4 is 5.78 Å². The molecule has 4 aliphatic rings. The van der Waals surface area contributed by atoms with Gasteiger partial charge in [-0.25, -0.2) is 0 Å². The zero-order chi connectivity index (χ0) is 21.1. The number of ketones is 1. The van der Waals surface area contributed by atoms with Crippen molar-refractivity contribution in [3.63, 3.8) is 0 Å². The molecule has 3 fully saturated rings. The van der Waals surface area contributed by atoms with Crippen LogP contribution in [-0.2, 0) is 16.0 Å². The van der Waals surface area contributed by atoms with Crippen LogP contribution in [0.1, 0.15) is 70.8 Å². The van der Waals surface area contributed by atoms with Gasteiger partial charge in [-0.15, -0.1) is 0 Å². The first kappa shape index (κ1) is 20.3. The van der Waals surface area contributed by atoms with Gasteiger partial charge in [0.05, 0.1) is 12.7 Å². The summed E-state index contributed by atoms with van der Waals surface area (Å²) >= 11 is 0. The van der Waals surface area contributed by atoms with Crippen LogP contribution in [0.4, 0.5) is 0 Å². The summed E-state index contributed by atoms with van der Waals surface area (Å²) in [5.74, 6) is 2.70. The Morgan fingerprint density at radius 3 is 2.47 bits per heavy atom. The fourth-order valence-corrected chi connectivity index (χ4v) is 8.24. The van der Waals surface area contributed by atoms with Crippen molar-refractivity contribution in [2.24, 2.45) is 28.6 Å². The molecule has 0 radical (unpaired) electrons. The Labute approximate surface area is 180 Å². The van der Waals surface area contributed by atoms with Crippen LogP contribution in [-0.4, -0.2) is 23.6 Å². The van der Waals surface area contributed by atoms with Crippen LogP contribution in [0.15, 0.2) is 41.7 Å². The molecule has 162 valence electrons. The Kier molecular flexibility index (Phi) is 4.70. The largest absolute Gasteiger partial charge is 0.493 e. The third kappa shape index (κ3) is 2.70. The summed E-state index contributed by atoms with van der Waals surface area (Å²) in [7, 11) is 1.66. The minimum absolute atomic E-state index is 0.0177. The summed E-state index contributed by atoms with van der Waals surface area (Å²) in [5.41, 5.74) is 2.00. The number of carbonyl (C=O) groups is 1. The van der Waals surface area contributed by atoms with Gasteiger partial charge in [0.2, 0.25) is 0 Å². The van der Waals surface area contributed by atoms with Crippen molar-refractivity contribution < 1.29 is 14.6 Å². The predicted molar refractivity (Wildman–Crippen MR) is 118 cm³/mol. The third-order valence-electron chi connectivity index (χ3n) is 9.94. The summed E-state index contributed by atoms with van der Waals surface area (Å²) in [6.45, 7) is 4.78. The lowest BCUT2D eigenvalue weighted by atomic mass is 9.46. The highest BCUT2D eigenvalue weighted by molar-refractivity contribution is 5.95. The summed E-state index contributed by atoms with van der Waals surface area (Å²) in [6, 6.07) is 10.5. The van der Waals surface area contributed by atoms with Gasteiger partial charge in [-0.2, -0.15) is 0 Å². The van der Waals surface area contributed by atoms with Gasteiger partial charge in [-0.1, -0.05) is 44.2 Å². The second kappa shape index (κ2) is 6.95. The second-order valence-corrected chi connectivity index (χ2v) is 11.0. The van der Waals surface area contributed by atoms with Crippen LogP contribution in [0, 0.1) is 28.6 Å². The lowest BCUT2D eigenvalue weighted by molar-refractivity contribution is -0.132. The Bertz CT molecular complexity index is 873. The molecule has 0 aliphatic heterocycles. The molecule has 1 N–H and O–H groups in total. The zero-order valence-corrected chi connectivity index (χ0v) is 18.7. The van der Waals surface area contributed by atoms with Gasteiger partial charge in [0.25, 0.3) is 0 Å². The molecule has 0 amide bonds. The minimum Gasteiger partial charge on any atom is -0.493 e. The minimum atomic E-state index is -0.610. The summed E-state index contributed by atoms with van der Waals surface area (Å²) in [5, 5.41) is 11.9. The van der Waals surface area contributed by atoms with Crippen LogP contribution in [0.3, 0.4) is 0 Å². The van der Waals surface area contributed by atoms with E-state index in [0.29, 0.717) is 29.9 Å². The molecule has 1 aromatic rings. The molecule has 0 unspecified atom stereocenters. The zero-order valence-electron chi connectivity index (χ0n) is 18.7. The molecule has 0 heterocycles. The van der Waals surface area contributed by atoms with Crippen molar-refractivity contribution in [2.45, 2.75) is 77.2 Å². The number of hydrogen-bond acceptors (Lipinski definition) is 3. The third-order valence-corrected chi connectivity index (χ3v) is 9.94. The number of aliphatic hydroxyl groups is 1. The molecule has 3 heteroatoms. The summed E-state index contributed by atoms with van der Waals surface area (Å²) in [4.78, 5) is 12.5. The molecular weight excluding hydrogens is 372 g/mol. The van der Waals surface area contributed by atoms with E-state index < -0.39 is 5.60 Å². The first-order valence-electron chi connectivity index (χ1n) is 11.9. The van der Waals surface area contributed by atoms with Crippen LogP contribution in [0.2, 0.25) is 0 Å². The van der Waals surface area contributed by atoms with E-state index in [4.69, 9.17) is 4.74 Å². The molecule has 1 aromatic carbocycles. The number of rotatable bonds is 3. The Morgan fingerprint density at radius 2 is 1.73 bits per heavy atom. The van der Waals surface area contributed by atoms with Gasteiger partial charge in [0.15, 0.2) is 11.5 Å². The molecule has 0 saturated heterocycles. The van der Waals surface area contributed by atoms with E-state index in [2.05, 4.69) is 44.2 Å². The Morgan fingerprint density at radius 1 is 1.00 bits per heavy atom.